The zero-order valence-corrected chi connectivity index (χ0v) is 18.3. The second-order valence-corrected chi connectivity index (χ2v) is 8.77. The van der Waals surface area contributed by atoms with E-state index in [2.05, 4.69) is 33.5 Å². The minimum Gasteiger partial charge on any atom is -0.273 e. The fourth-order valence-corrected chi connectivity index (χ4v) is 4.15. The number of carbonyl (C=O) groups excluding carboxylic acids is 1. The Balaban J connectivity index is 1.23. The number of fused-ring (bicyclic) bond motifs is 1. The van der Waals surface area contributed by atoms with Crippen LogP contribution in [0.2, 0.25) is 5.02 Å². The van der Waals surface area contributed by atoms with E-state index in [1.807, 2.05) is 67.0 Å². The zero-order valence-electron chi connectivity index (χ0n) is 17.5. The van der Waals surface area contributed by atoms with Crippen molar-refractivity contribution in [3.05, 3.63) is 95.4 Å². The number of halogens is 1. The lowest BCUT2D eigenvalue weighted by atomic mass is 9.96. The number of hydrogen-bond acceptors (Lipinski definition) is 4. The molecule has 6 heteroatoms. The molecule has 4 aromatic rings. The summed E-state index contributed by atoms with van der Waals surface area (Å²) in [5, 5.41) is 7.01. The van der Waals surface area contributed by atoms with Crippen LogP contribution in [0.3, 0.4) is 0 Å². The van der Waals surface area contributed by atoms with Crippen molar-refractivity contribution in [2.75, 3.05) is 0 Å². The maximum atomic E-state index is 12.7. The first kappa shape index (κ1) is 20.3. The van der Waals surface area contributed by atoms with Gasteiger partial charge in [0.15, 0.2) is 0 Å². The first-order valence-electron chi connectivity index (χ1n) is 10.4. The molecule has 1 aliphatic rings. The van der Waals surface area contributed by atoms with Gasteiger partial charge >= 0.3 is 0 Å². The highest BCUT2D eigenvalue weighted by Gasteiger charge is 2.55. The first-order chi connectivity index (χ1) is 15.5. The normalized spacial score (nSPS) is 19.9. The van der Waals surface area contributed by atoms with E-state index in [9.17, 15) is 4.79 Å². The van der Waals surface area contributed by atoms with Gasteiger partial charge in [-0.15, -0.1) is 0 Å². The van der Waals surface area contributed by atoms with Crippen LogP contribution in [0.5, 0.6) is 0 Å². The molecular formula is C26H21ClN4O. The number of hydrazone groups is 1. The Morgan fingerprint density at radius 3 is 2.72 bits per heavy atom. The molecule has 0 saturated heterocycles. The molecule has 0 spiro atoms. The number of aromatic nitrogens is 2. The average Bonchev–Trinajstić information content (AvgIpc) is 3.52. The van der Waals surface area contributed by atoms with E-state index in [-0.39, 0.29) is 17.2 Å². The van der Waals surface area contributed by atoms with E-state index in [0.29, 0.717) is 5.02 Å². The third-order valence-electron chi connectivity index (χ3n) is 6.17. The first-order valence-corrected chi connectivity index (χ1v) is 10.8. The van der Waals surface area contributed by atoms with Gasteiger partial charge in [0.1, 0.15) is 0 Å². The quantitative estimate of drug-likeness (QED) is 0.334. The molecule has 1 fully saturated rings. The topological polar surface area (TPSA) is 67.2 Å². The molecule has 2 heterocycles. The van der Waals surface area contributed by atoms with E-state index in [0.717, 1.165) is 39.6 Å². The predicted octanol–water partition coefficient (Wildman–Crippen LogP) is 5.38. The van der Waals surface area contributed by atoms with Crippen molar-refractivity contribution < 1.29 is 4.79 Å². The fraction of sp³-hybridized carbons (Fsp3) is 0.154. The Labute approximate surface area is 191 Å². The molecule has 0 bridgehead atoms. The molecule has 2 aromatic carbocycles. The summed E-state index contributed by atoms with van der Waals surface area (Å²) >= 11 is 5.96. The molecule has 0 aliphatic heterocycles. The number of nitrogens with one attached hydrogen (secondary N) is 1. The summed E-state index contributed by atoms with van der Waals surface area (Å²) in [6, 6.07) is 19.6. The van der Waals surface area contributed by atoms with Gasteiger partial charge in [-0.05, 0) is 53.3 Å². The van der Waals surface area contributed by atoms with Crippen LogP contribution in [0, 0.1) is 5.92 Å². The number of rotatable bonds is 5. The van der Waals surface area contributed by atoms with Crippen LogP contribution in [0.4, 0.5) is 0 Å². The molecule has 0 radical (unpaired) electrons. The van der Waals surface area contributed by atoms with Crippen LogP contribution in [0.1, 0.15) is 24.5 Å². The molecular weight excluding hydrogens is 420 g/mol. The molecule has 1 amide bonds. The summed E-state index contributed by atoms with van der Waals surface area (Å²) in [5.41, 5.74) is 6.34. The van der Waals surface area contributed by atoms with E-state index in [1.54, 1.807) is 12.4 Å². The molecule has 5 nitrogen and oxygen atoms in total. The van der Waals surface area contributed by atoms with Gasteiger partial charge in [0.25, 0.3) is 0 Å². The van der Waals surface area contributed by atoms with Crippen molar-refractivity contribution >= 4 is 34.5 Å². The summed E-state index contributed by atoms with van der Waals surface area (Å²) in [4.78, 5) is 21.4. The SMILES string of the molecule is CC1(c2ccc(-c3ccc(Cl)cc3)nc2)CC1C(=O)N/N=C/c1ccc2cnccc2c1. The van der Waals surface area contributed by atoms with Crippen LogP contribution in [-0.2, 0) is 10.2 Å². The minimum absolute atomic E-state index is 0.0736. The molecule has 2 aromatic heterocycles. The Bertz CT molecular complexity index is 1320. The van der Waals surface area contributed by atoms with E-state index in [4.69, 9.17) is 11.6 Å². The third-order valence-corrected chi connectivity index (χ3v) is 6.42. The van der Waals surface area contributed by atoms with Crippen LogP contribution in [-0.4, -0.2) is 22.1 Å². The third kappa shape index (κ3) is 3.99. The molecule has 158 valence electrons. The van der Waals surface area contributed by atoms with Crippen LogP contribution >= 0.6 is 11.6 Å². The minimum atomic E-state index is -0.221. The van der Waals surface area contributed by atoms with Crippen molar-refractivity contribution in [3.63, 3.8) is 0 Å². The lowest BCUT2D eigenvalue weighted by molar-refractivity contribution is -0.122. The van der Waals surface area contributed by atoms with Gasteiger partial charge in [0, 0.05) is 40.0 Å². The van der Waals surface area contributed by atoms with Crippen LogP contribution in [0.15, 0.2) is 84.4 Å². The van der Waals surface area contributed by atoms with Crippen LogP contribution < -0.4 is 5.43 Å². The van der Waals surface area contributed by atoms with E-state index >= 15 is 0 Å². The van der Waals surface area contributed by atoms with Crippen molar-refractivity contribution in [3.8, 4) is 11.3 Å². The lowest BCUT2D eigenvalue weighted by Crippen LogP contribution is -2.23. The van der Waals surface area contributed by atoms with Gasteiger partial charge < -0.3 is 0 Å². The summed E-state index contributed by atoms with van der Waals surface area (Å²) in [6.45, 7) is 2.09. The summed E-state index contributed by atoms with van der Waals surface area (Å²) < 4.78 is 0. The molecule has 1 N–H and O–H groups in total. The summed E-state index contributed by atoms with van der Waals surface area (Å²) in [6.07, 6.45) is 7.89. The summed E-state index contributed by atoms with van der Waals surface area (Å²) in [7, 11) is 0. The Hall–Kier alpha value is -3.57. The zero-order chi connectivity index (χ0) is 22.1. The second kappa shape index (κ2) is 8.17. The number of nitrogens with zero attached hydrogens (tertiary/aromatic N) is 3. The Kier molecular flexibility index (Phi) is 5.19. The number of pyridine rings is 2. The largest absolute Gasteiger partial charge is 0.273 e. The Morgan fingerprint density at radius 2 is 1.94 bits per heavy atom. The monoisotopic (exact) mass is 440 g/mol. The lowest BCUT2D eigenvalue weighted by Gasteiger charge is -2.11. The molecule has 5 rings (SSSR count). The molecule has 1 aliphatic carbocycles. The number of benzene rings is 2. The molecule has 2 unspecified atom stereocenters. The van der Waals surface area contributed by atoms with Crippen molar-refractivity contribution in [1.29, 1.82) is 0 Å². The van der Waals surface area contributed by atoms with Gasteiger partial charge in [-0.1, -0.05) is 48.9 Å². The number of carbonyl (C=O) groups is 1. The van der Waals surface area contributed by atoms with Gasteiger partial charge in [-0.25, -0.2) is 5.43 Å². The second-order valence-electron chi connectivity index (χ2n) is 8.33. The molecule has 2 atom stereocenters. The Morgan fingerprint density at radius 1 is 1.09 bits per heavy atom. The van der Waals surface area contributed by atoms with Gasteiger partial charge in [-0.2, -0.15) is 5.10 Å². The van der Waals surface area contributed by atoms with E-state index < -0.39 is 0 Å². The van der Waals surface area contributed by atoms with Gasteiger partial charge in [-0.3, -0.25) is 14.8 Å². The smallest absolute Gasteiger partial charge is 0.244 e. The van der Waals surface area contributed by atoms with Crippen molar-refractivity contribution in [2.24, 2.45) is 11.0 Å². The highest BCUT2D eigenvalue weighted by Crippen LogP contribution is 2.54. The van der Waals surface area contributed by atoms with E-state index in [1.165, 1.54) is 0 Å². The van der Waals surface area contributed by atoms with Crippen molar-refractivity contribution in [2.45, 2.75) is 18.8 Å². The maximum absolute atomic E-state index is 12.7. The maximum Gasteiger partial charge on any atom is 0.244 e. The summed E-state index contributed by atoms with van der Waals surface area (Å²) in [5.74, 6) is -0.193. The number of hydrogen-bond donors (Lipinski definition) is 1. The standard InChI is InChI=1S/C26H21ClN4O/c1-26(21-6-9-24(29-16-21)18-4-7-22(27)8-5-18)13-23(26)25(32)31-30-14-17-2-3-20-15-28-11-10-19(20)12-17/h2-12,14-16,23H,13H2,1H3,(H,31,32)/b30-14+. The average molecular weight is 441 g/mol. The fourth-order valence-electron chi connectivity index (χ4n) is 4.02. The highest BCUT2D eigenvalue weighted by atomic mass is 35.5. The van der Waals surface area contributed by atoms with Gasteiger partial charge in [0.2, 0.25) is 5.91 Å². The molecule has 32 heavy (non-hydrogen) atoms. The number of amides is 1. The van der Waals surface area contributed by atoms with Crippen molar-refractivity contribution in [1.82, 2.24) is 15.4 Å². The molecule has 1 saturated carbocycles. The highest BCUT2D eigenvalue weighted by molar-refractivity contribution is 6.30. The van der Waals surface area contributed by atoms with Crippen LogP contribution in [0.25, 0.3) is 22.0 Å². The predicted molar refractivity (Wildman–Crippen MR) is 128 cm³/mol. The van der Waals surface area contributed by atoms with Gasteiger partial charge in [0.05, 0.1) is 17.8 Å².